The minimum absolute atomic E-state index is 0.0283. The Morgan fingerprint density at radius 3 is 2.89 bits per heavy atom. The maximum Gasteiger partial charge on any atom is 0.337 e. The van der Waals surface area contributed by atoms with Gasteiger partial charge in [-0.25, -0.2) is 4.79 Å². The second-order valence-corrected chi connectivity index (χ2v) is 4.54. The van der Waals surface area contributed by atoms with E-state index in [1.165, 1.54) is 7.11 Å². The summed E-state index contributed by atoms with van der Waals surface area (Å²) in [5.41, 5.74) is 7.61. The van der Waals surface area contributed by atoms with Crippen molar-refractivity contribution < 1.29 is 9.53 Å². The van der Waals surface area contributed by atoms with Crippen molar-refractivity contribution in [3.05, 3.63) is 29.8 Å². The van der Waals surface area contributed by atoms with Crippen molar-refractivity contribution in [2.24, 2.45) is 5.73 Å². The number of piperazine rings is 1. The van der Waals surface area contributed by atoms with Crippen molar-refractivity contribution in [1.82, 2.24) is 4.90 Å². The van der Waals surface area contributed by atoms with E-state index in [2.05, 4.69) is 9.80 Å². The van der Waals surface area contributed by atoms with Crippen molar-refractivity contribution in [3.63, 3.8) is 0 Å². The quantitative estimate of drug-likeness (QED) is 0.774. The van der Waals surface area contributed by atoms with Crippen LogP contribution in [0, 0.1) is 0 Å². The van der Waals surface area contributed by atoms with E-state index in [0.29, 0.717) is 5.56 Å². The number of nitrogens with two attached hydrogens (primary N) is 1. The van der Waals surface area contributed by atoms with Crippen molar-refractivity contribution in [1.29, 1.82) is 0 Å². The monoisotopic (exact) mass is 249 g/mol. The average Bonchev–Trinajstić information content (AvgIpc) is 2.41. The number of anilines is 1. The summed E-state index contributed by atoms with van der Waals surface area (Å²) in [4.78, 5) is 15.8. The zero-order valence-corrected chi connectivity index (χ0v) is 10.8. The molecule has 18 heavy (non-hydrogen) atoms. The normalized spacial score (nSPS) is 20.8. The zero-order chi connectivity index (χ0) is 13.1. The third kappa shape index (κ3) is 2.63. The van der Waals surface area contributed by atoms with E-state index in [0.717, 1.165) is 25.3 Å². The Balaban J connectivity index is 2.16. The van der Waals surface area contributed by atoms with Gasteiger partial charge in [0, 0.05) is 25.3 Å². The summed E-state index contributed by atoms with van der Waals surface area (Å²) in [5, 5.41) is 0. The van der Waals surface area contributed by atoms with Crippen LogP contribution in [-0.2, 0) is 4.74 Å². The molecule has 1 aromatic rings. The molecule has 0 bridgehead atoms. The molecule has 0 radical (unpaired) electrons. The molecule has 5 heteroatoms. The number of methoxy groups -OCH3 is 1. The number of benzene rings is 1. The number of carbonyl (C=O) groups is 1. The summed E-state index contributed by atoms with van der Waals surface area (Å²) >= 11 is 0. The summed E-state index contributed by atoms with van der Waals surface area (Å²) in [6, 6.07) is 7.46. The molecule has 0 aromatic heterocycles. The van der Waals surface area contributed by atoms with Crippen LogP contribution in [0.2, 0.25) is 0 Å². The number of hydrogen-bond acceptors (Lipinski definition) is 5. The fourth-order valence-electron chi connectivity index (χ4n) is 2.08. The molecule has 1 fully saturated rings. The minimum atomic E-state index is -0.310. The smallest absolute Gasteiger partial charge is 0.337 e. The number of esters is 1. The standard InChI is InChI=1S/C13H19N3O2/c1-15-6-7-16(9-12(15)14)11-5-3-4-10(8-11)13(17)18-2/h3-5,8,12H,6-7,9,14H2,1-2H3. The highest BCUT2D eigenvalue weighted by atomic mass is 16.5. The van der Waals surface area contributed by atoms with E-state index in [1.807, 2.05) is 25.2 Å². The fraction of sp³-hybridized carbons (Fsp3) is 0.462. The van der Waals surface area contributed by atoms with Crippen LogP contribution in [0.1, 0.15) is 10.4 Å². The first-order valence-electron chi connectivity index (χ1n) is 6.01. The molecule has 1 saturated heterocycles. The molecule has 98 valence electrons. The second kappa shape index (κ2) is 5.37. The van der Waals surface area contributed by atoms with Gasteiger partial charge in [-0.15, -0.1) is 0 Å². The van der Waals surface area contributed by atoms with Crippen LogP contribution >= 0.6 is 0 Å². The van der Waals surface area contributed by atoms with Crippen molar-refractivity contribution in [2.75, 3.05) is 38.7 Å². The van der Waals surface area contributed by atoms with Crippen molar-refractivity contribution >= 4 is 11.7 Å². The van der Waals surface area contributed by atoms with Crippen LogP contribution in [-0.4, -0.2) is 50.8 Å². The molecule has 1 aromatic carbocycles. The molecule has 2 rings (SSSR count). The number of ether oxygens (including phenoxy) is 1. The van der Waals surface area contributed by atoms with Crippen LogP contribution in [0.4, 0.5) is 5.69 Å². The second-order valence-electron chi connectivity index (χ2n) is 4.54. The Bertz CT molecular complexity index is 436. The predicted octanol–water partition coefficient (Wildman–Crippen LogP) is 0.510. The van der Waals surface area contributed by atoms with E-state index >= 15 is 0 Å². The molecule has 5 nitrogen and oxygen atoms in total. The number of carbonyl (C=O) groups excluding carboxylic acids is 1. The highest BCUT2D eigenvalue weighted by molar-refractivity contribution is 5.90. The molecular formula is C13H19N3O2. The number of rotatable bonds is 2. The SMILES string of the molecule is COC(=O)c1cccc(N2CCN(C)C(N)C2)c1. The van der Waals surface area contributed by atoms with Gasteiger partial charge in [-0.3, -0.25) is 4.90 Å². The first-order chi connectivity index (χ1) is 8.61. The maximum absolute atomic E-state index is 11.5. The molecule has 1 unspecified atom stereocenters. The molecular weight excluding hydrogens is 230 g/mol. The Kier molecular flexibility index (Phi) is 3.84. The van der Waals surface area contributed by atoms with Gasteiger partial charge in [-0.2, -0.15) is 0 Å². The number of nitrogens with zero attached hydrogens (tertiary/aromatic N) is 2. The molecule has 0 saturated carbocycles. The Hall–Kier alpha value is -1.59. The van der Waals surface area contributed by atoms with Gasteiger partial charge < -0.3 is 15.4 Å². The summed E-state index contributed by atoms with van der Waals surface area (Å²) in [7, 11) is 3.41. The Labute approximate surface area is 107 Å². The highest BCUT2D eigenvalue weighted by Crippen LogP contribution is 2.19. The van der Waals surface area contributed by atoms with Gasteiger partial charge in [0.15, 0.2) is 0 Å². The zero-order valence-electron chi connectivity index (χ0n) is 10.8. The molecule has 0 aliphatic carbocycles. The number of hydrogen-bond donors (Lipinski definition) is 1. The van der Waals surface area contributed by atoms with Crippen LogP contribution in [0.15, 0.2) is 24.3 Å². The Morgan fingerprint density at radius 1 is 1.44 bits per heavy atom. The first kappa shape index (κ1) is 12.9. The fourth-order valence-corrected chi connectivity index (χ4v) is 2.08. The van der Waals surface area contributed by atoms with Gasteiger partial charge in [0.1, 0.15) is 0 Å². The van der Waals surface area contributed by atoms with Gasteiger partial charge in [-0.05, 0) is 25.2 Å². The van der Waals surface area contributed by atoms with E-state index in [4.69, 9.17) is 10.5 Å². The predicted molar refractivity (Wildman–Crippen MR) is 70.6 cm³/mol. The van der Waals surface area contributed by atoms with Gasteiger partial charge in [0.2, 0.25) is 0 Å². The molecule has 1 aliphatic heterocycles. The lowest BCUT2D eigenvalue weighted by molar-refractivity contribution is 0.0601. The molecule has 0 amide bonds. The number of likely N-dealkylation sites (N-methyl/N-ethyl adjacent to an activating group) is 1. The summed E-state index contributed by atoms with van der Waals surface area (Å²) in [6.45, 7) is 2.60. The molecule has 0 spiro atoms. The topological polar surface area (TPSA) is 58.8 Å². The molecule has 1 atom stereocenters. The van der Waals surface area contributed by atoms with Gasteiger partial charge in [0.25, 0.3) is 0 Å². The lowest BCUT2D eigenvalue weighted by Crippen LogP contribution is -2.55. The minimum Gasteiger partial charge on any atom is -0.465 e. The van der Waals surface area contributed by atoms with Gasteiger partial charge in [-0.1, -0.05) is 6.07 Å². The summed E-state index contributed by atoms with van der Waals surface area (Å²) in [5.74, 6) is -0.310. The maximum atomic E-state index is 11.5. The first-order valence-corrected chi connectivity index (χ1v) is 6.01. The van der Waals surface area contributed by atoms with E-state index in [-0.39, 0.29) is 12.1 Å². The van der Waals surface area contributed by atoms with Gasteiger partial charge in [0.05, 0.1) is 18.8 Å². The third-order valence-electron chi connectivity index (χ3n) is 3.33. The van der Waals surface area contributed by atoms with Crippen LogP contribution in [0.25, 0.3) is 0 Å². The molecule has 1 aliphatic rings. The molecule has 2 N–H and O–H groups in total. The summed E-state index contributed by atoms with van der Waals surface area (Å²) < 4.78 is 4.73. The lowest BCUT2D eigenvalue weighted by Gasteiger charge is -2.38. The van der Waals surface area contributed by atoms with Crippen LogP contribution in [0.3, 0.4) is 0 Å². The summed E-state index contributed by atoms with van der Waals surface area (Å²) in [6.07, 6.45) is 0.0283. The van der Waals surface area contributed by atoms with E-state index in [9.17, 15) is 4.79 Å². The van der Waals surface area contributed by atoms with Gasteiger partial charge >= 0.3 is 5.97 Å². The average molecular weight is 249 g/mol. The lowest BCUT2D eigenvalue weighted by atomic mass is 10.1. The van der Waals surface area contributed by atoms with E-state index < -0.39 is 0 Å². The highest BCUT2D eigenvalue weighted by Gasteiger charge is 2.21. The molecule has 1 heterocycles. The van der Waals surface area contributed by atoms with Crippen LogP contribution in [0.5, 0.6) is 0 Å². The van der Waals surface area contributed by atoms with Crippen LogP contribution < -0.4 is 10.6 Å². The van der Waals surface area contributed by atoms with Crippen molar-refractivity contribution in [2.45, 2.75) is 6.17 Å². The van der Waals surface area contributed by atoms with E-state index in [1.54, 1.807) is 6.07 Å². The largest absolute Gasteiger partial charge is 0.465 e. The Morgan fingerprint density at radius 2 is 2.22 bits per heavy atom. The third-order valence-corrected chi connectivity index (χ3v) is 3.33. The van der Waals surface area contributed by atoms with Crippen molar-refractivity contribution in [3.8, 4) is 0 Å².